The number of halogens is 3. The first-order valence-electron chi connectivity index (χ1n) is 6.13. The molecule has 110 valence electrons. The number of benzene rings is 2. The molecule has 0 radical (unpaired) electrons. The van der Waals surface area contributed by atoms with E-state index in [1.54, 1.807) is 6.92 Å². The van der Waals surface area contributed by atoms with Crippen molar-refractivity contribution in [3.05, 3.63) is 65.0 Å². The van der Waals surface area contributed by atoms with Gasteiger partial charge in [-0.25, -0.2) is 18.0 Å². The summed E-state index contributed by atoms with van der Waals surface area (Å²) in [5.41, 5.74) is -0.208. The molecule has 0 saturated carbocycles. The van der Waals surface area contributed by atoms with Crippen LogP contribution in [0.1, 0.15) is 28.9 Å². The number of carbonyl (C=O) groups is 1. The average molecular weight is 295 g/mol. The summed E-state index contributed by atoms with van der Waals surface area (Å²) in [4.78, 5) is 10.7. The zero-order chi connectivity index (χ0) is 15.6. The number of hydrogen-bond donors (Lipinski definition) is 2. The highest BCUT2D eigenvalue weighted by Crippen LogP contribution is 2.25. The largest absolute Gasteiger partial charge is 0.478 e. The number of hydrogen-bond acceptors (Lipinski definition) is 2. The molecule has 2 aromatic rings. The first-order valence-corrected chi connectivity index (χ1v) is 6.13. The van der Waals surface area contributed by atoms with Gasteiger partial charge >= 0.3 is 5.97 Å². The summed E-state index contributed by atoms with van der Waals surface area (Å²) in [6.07, 6.45) is 0. The van der Waals surface area contributed by atoms with E-state index in [0.29, 0.717) is 5.56 Å². The summed E-state index contributed by atoms with van der Waals surface area (Å²) in [5, 5.41) is 11.4. The fraction of sp³-hybridized carbons (Fsp3) is 0.133. The highest BCUT2D eigenvalue weighted by molar-refractivity contribution is 5.88. The summed E-state index contributed by atoms with van der Waals surface area (Å²) in [6.45, 7) is 1.69. The van der Waals surface area contributed by atoms with Crippen LogP contribution in [0.2, 0.25) is 0 Å². The van der Waals surface area contributed by atoms with E-state index >= 15 is 0 Å². The molecule has 0 amide bonds. The van der Waals surface area contributed by atoms with Crippen LogP contribution >= 0.6 is 0 Å². The van der Waals surface area contributed by atoms with Crippen LogP contribution in [0.3, 0.4) is 0 Å². The van der Waals surface area contributed by atoms with Gasteiger partial charge in [0.2, 0.25) is 0 Å². The van der Waals surface area contributed by atoms with Gasteiger partial charge in [-0.1, -0.05) is 12.1 Å². The van der Waals surface area contributed by atoms with Crippen molar-refractivity contribution in [2.24, 2.45) is 0 Å². The topological polar surface area (TPSA) is 49.3 Å². The Morgan fingerprint density at radius 1 is 1.05 bits per heavy atom. The van der Waals surface area contributed by atoms with Crippen molar-refractivity contribution in [2.45, 2.75) is 13.0 Å². The zero-order valence-corrected chi connectivity index (χ0v) is 11.0. The number of carboxylic acid groups (broad SMARTS) is 1. The van der Waals surface area contributed by atoms with E-state index in [4.69, 9.17) is 5.11 Å². The number of aromatic carboxylic acids is 1. The molecule has 0 heterocycles. The number of anilines is 1. The molecular formula is C15H12F3NO2. The molecule has 21 heavy (non-hydrogen) atoms. The summed E-state index contributed by atoms with van der Waals surface area (Å²) in [5.74, 6) is -4.61. The normalized spacial score (nSPS) is 12.0. The van der Waals surface area contributed by atoms with Crippen LogP contribution in [0.25, 0.3) is 0 Å². The minimum absolute atomic E-state index is 0.158. The SMILES string of the molecule is CC(Nc1ccc(C(=O)O)c(F)c1F)c1ccc(F)cc1. The summed E-state index contributed by atoms with van der Waals surface area (Å²) >= 11 is 0. The van der Waals surface area contributed by atoms with E-state index in [9.17, 15) is 18.0 Å². The Labute approximate surface area is 119 Å². The Morgan fingerprint density at radius 2 is 1.67 bits per heavy atom. The Bertz CT molecular complexity index is 671. The minimum atomic E-state index is -1.54. The second kappa shape index (κ2) is 5.87. The van der Waals surface area contributed by atoms with Gasteiger partial charge in [0.05, 0.1) is 11.3 Å². The molecule has 1 unspecified atom stereocenters. The van der Waals surface area contributed by atoms with Crippen LogP contribution < -0.4 is 5.32 Å². The maximum absolute atomic E-state index is 13.8. The van der Waals surface area contributed by atoms with Gasteiger partial charge in [-0.3, -0.25) is 0 Å². The average Bonchev–Trinajstić information content (AvgIpc) is 2.44. The third-order valence-electron chi connectivity index (χ3n) is 3.05. The maximum atomic E-state index is 13.8. The highest BCUT2D eigenvalue weighted by Gasteiger charge is 2.19. The molecule has 1 atom stereocenters. The second-order valence-electron chi connectivity index (χ2n) is 4.51. The molecular weight excluding hydrogens is 283 g/mol. The van der Waals surface area contributed by atoms with Crippen molar-refractivity contribution in [1.82, 2.24) is 0 Å². The molecule has 2 aromatic carbocycles. The van der Waals surface area contributed by atoms with Crippen LogP contribution in [0.4, 0.5) is 18.9 Å². The number of nitrogens with one attached hydrogen (secondary N) is 1. The van der Waals surface area contributed by atoms with Crippen molar-refractivity contribution in [1.29, 1.82) is 0 Å². The number of rotatable bonds is 4. The van der Waals surface area contributed by atoms with E-state index in [0.717, 1.165) is 12.1 Å². The van der Waals surface area contributed by atoms with Gasteiger partial charge in [0, 0.05) is 6.04 Å². The van der Waals surface area contributed by atoms with E-state index in [2.05, 4.69) is 5.32 Å². The van der Waals surface area contributed by atoms with Crippen molar-refractivity contribution < 1.29 is 23.1 Å². The molecule has 0 aliphatic carbocycles. The Balaban J connectivity index is 2.25. The third-order valence-corrected chi connectivity index (χ3v) is 3.05. The Kier molecular flexibility index (Phi) is 4.16. The molecule has 2 rings (SSSR count). The highest BCUT2D eigenvalue weighted by atomic mass is 19.2. The predicted molar refractivity (Wildman–Crippen MR) is 71.8 cm³/mol. The van der Waals surface area contributed by atoms with Crippen molar-refractivity contribution in [3.63, 3.8) is 0 Å². The summed E-state index contributed by atoms with van der Waals surface area (Å²) < 4.78 is 40.2. The molecule has 2 N–H and O–H groups in total. The van der Waals surface area contributed by atoms with Crippen LogP contribution in [0.5, 0.6) is 0 Å². The van der Waals surface area contributed by atoms with Gasteiger partial charge in [0.1, 0.15) is 5.82 Å². The van der Waals surface area contributed by atoms with Gasteiger partial charge in [-0.2, -0.15) is 0 Å². The fourth-order valence-corrected chi connectivity index (χ4v) is 1.89. The first-order chi connectivity index (χ1) is 9.90. The van der Waals surface area contributed by atoms with Crippen LogP contribution in [-0.4, -0.2) is 11.1 Å². The van der Waals surface area contributed by atoms with E-state index in [1.165, 1.54) is 24.3 Å². The lowest BCUT2D eigenvalue weighted by Gasteiger charge is -2.17. The van der Waals surface area contributed by atoms with Gasteiger partial charge in [0.25, 0.3) is 0 Å². The molecule has 0 aromatic heterocycles. The molecule has 0 bridgehead atoms. The lowest BCUT2D eigenvalue weighted by atomic mass is 10.1. The van der Waals surface area contributed by atoms with Crippen LogP contribution in [-0.2, 0) is 0 Å². The van der Waals surface area contributed by atoms with Gasteiger partial charge in [-0.15, -0.1) is 0 Å². The third kappa shape index (κ3) is 3.16. The standard InChI is InChI=1S/C15H12F3NO2/c1-8(9-2-4-10(16)5-3-9)19-12-7-6-11(15(20)21)13(17)14(12)18/h2-8,19H,1H3,(H,20,21). The van der Waals surface area contributed by atoms with Crippen LogP contribution in [0.15, 0.2) is 36.4 Å². The Hall–Kier alpha value is -2.50. The maximum Gasteiger partial charge on any atom is 0.338 e. The van der Waals surface area contributed by atoms with E-state index in [-0.39, 0.29) is 5.69 Å². The second-order valence-corrected chi connectivity index (χ2v) is 4.51. The van der Waals surface area contributed by atoms with Crippen molar-refractivity contribution in [3.8, 4) is 0 Å². The lowest BCUT2D eigenvalue weighted by molar-refractivity contribution is 0.0690. The summed E-state index contributed by atoms with van der Waals surface area (Å²) in [7, 11) is 0. The van der Waals surface area contributed by atoms with Crippen molar-refractivity contribution >= 4 is 11.7 Å². The fourth-order valence-electron chi connectivity index (χ4n) is 1.89. The van der Waals surface area contributed by atoms with E-state index in [1.807, 2.05) is 0 Å². The van der Waals surface area contributed by atoms with Gasteiger partial charge in [-0.05, 0) is 36.8 Å². The lowest BCUT2D eigenvalue weighted by Crippen LogP contribution is -2.11. The Morgan fingerprint density at radius 3 is 2.24 bits per heavy atom. The van der Waals surface area contributed by atoms with Gasteiger partial charge < -0.3 is 10.4 Å². The molecule has 0 aliphatic heterocycles. The molecule has 0 spiro atoms. The zero-order valence-electron chi connectivity index (χ0n) is 11.0. The first kappa shape index (κ1) is 14.9. The minimum Gasteiger partial charge on any atom is -0.478 e. The molecule has 0 saturated heterocycles. The number of carboxylic acids is 1. The molecule has 0 fully saturated rings. The summed E-state index contributed by atoms with van der Waals surface area (Å²) in [6, 6.07) is 7.30. The molecule has 3 nitrogen and oxygen atoms in total. The molecule has 0 aliphatic rings. The monoisotopic (exact) mass is 295 g/mol. The van der Waals surface area contributed by atoms with Gasteiger partial charge in [0.15, 0.2) is 11.6 Å². The smallest absolute Gasteiger partial charge is 0.338 e. The van der Waals surface area contributed by atoms with Crippen molar-refractivity contribution in [2.75, 3.05) is 5.32 Å². The van der Waals surface area contributed by atoms with E-state index < -0.39 is 35.0 Å². The molecule has 6 heteroatoms. The predicted octanol–water partition coefficient (Wildman–Crippen LogP) is 3.98. The van der Waals surface area contributed by atoms with Crippen LogP contribution in [0, 0.1) is 17.5 Å². The quantitative estimate of drug-likeness (QED) is 0.897.